The Morgan fingerprint density at radius 1 is 1.13 bits per heavy atom. The van der Waals surface area contributed by atoms with E-state index in [2.05, 4.69) is 20.6 Å². The van der Waals surface area contributed by atoms with Crippen molar-refractivity contribution in [2.45, 2.75) is 5.16 Å². The number of fused-ring (bicyclic) bond motifs is 1. The summed E-state index contributed by atoms with van der Waals surface area (Å²) >= 11 is 1.13. The second-order valence-corrected chi connectivity index (χ2v) is 7.25. The van der Waals surface area contributed by atoms with Crippen LogP contribution in [0.1, 0.15) is 0 Å². The number of carbonyl (C=O) groups excluding carboxylic acids is 1. The van der Waals surface area contributed by atoms with Crippen LogP contribution in [0.4, 0.5) is 11.4 Å². The first-order valence-electron chi connectivity index (χ1n) is 9.08. The molecule has 10 nitrogen and oxygen atoms in total. The standard InChI is InChI=1S/C20H16N6O4S/c1-30-14-8-6-13(7-9-14)15-10-11-18-22-23-20(25(18)24-15)31-12-19(27)21-16-4-2-3-5-17(16)26(28)29/h2-11H,12H2,1H3,(H,21,27). The molecule has 4 aromatic rings. The minimum Gasteiger partial charge on any atom is -0.497 e. The van der Waals surface area contributed by atoms with Gasteiger partial charge in [-0.1, -0.05) is 23.9 Å². The number of aromatic nitrogens is 4. The molecule has 1 N–H and O–H groups in total. The molecule has 1 amide bonds. The summed E-state index contributed by atoms with van der Waals surface area (Å²) in [6, 6.07) is 17.1. The molecule has 2 aromatic heterocycles. The Morgan fingerprint density at radius 3 is 2.65 bits per heavy atom. The third-order valence-electron chi connectivity index (χ3n) is 4.33. The predicted molar refractivity (Wildman–Crippen MR) is 115 cm³/mol. The molecule has 0 aliphatic carbocycles. The molecule has 11 heteroatoms. The lowest BCUT2D eigenvalue weighted by molar-refractivity contribution is -0.383. The largest absolute Gasteiger partial charge is 0.497 e. The van der Waals surface area contributed by atoms with E-state index >= 15 is 0 Å². The molecule has 0 saturated carbocycles. The lowest BCUT2D eigenvalue weighted by Crippen LogP contribution is -2.15. The van der Waals surface area contributed by atoms with Crippen molar-refractivity contribution in [2.24, 2.45) is 0 Å². The molecule has 2 aromatic carbocycles. The van der Waals surface area contributed by atoms with Gasteiger partial charge in [-0.3, -0.25) is 14.9 Å². The number of benzene rings is 2. The summed E-state index contributed by atoms with van der Waals surface area (Å²) in [5, 5.41) is 26.8. The molecule has 0 saturated heterocycles. The number of hydrogen-bond donors (Lipinski definition) is 1. The molecule has 31 heavy (non-hydrogen) atoms. The topological polar surface area (TPSA) is 125 Å². The van der Waals surface area contributed by atoms with Crippen molar-refractivity contribution in [1.82, 2.24) is 19.8 Å². The van der Waals surface area contributed by atoms with Gasteiger partial charge < -0.3 is 10.1 Å². The fraction of sp³-hybridized carbons (Fsp3) is 0.100. The monoisotopic (exact) mass is 436 g/mol. The second-order valence-electron chi connectivity index (χ2n) is 6.31. The number of rotatable bonds is 7. The smallest absolute Gasteiger partial charge is 0.292 e. The molecule has 0 spiro atoms. The summed E-state index contributed by atoms with van der Waals surface area (Å²) < 4.78 is 6.73. The maximum atomic E-state index is 12.3. The quantitative estimate of drug-likeness (QED) is 0.265. The summed E-state index contributed by atoms with van der Waals surface area (Å²) in [6.07, 6.45) is 0. The lowest BCUT2D eigenvalue weighted by Gasteiger charge is -2.06. The first-order chi connectivity index (χ1) is 15.0. The molecule has 4 rings (SSSR count). The van der Waals surface area contributed by atoms with Crippen LogP contribution in [0, 0.1) is 10.1 Å². The number of para-hydroxylation sites is 2. The fourth-order valence-corrected chi connectivity index (χ4v) is 3.52. The first-order valence-corrected chi connectivity index (χ1v) is 10.1. The number of nitro groups is 1. The SMILES string of the molecule is COc1ccc(-c2ccc3nnc(SCC(=O)Nc4ccccc4[N+](=O)[O-])n3n2)cc1. The average molecular weight is 436 g/mol. The van der Waals surface area contributed by atoms with Gasteiger partial charge in [0.25, 0.3) is 5.69 Å². The van der Waals surface area contributed by atoms with Crippen LogP contribution >= 0.6 is 11.8 Å². The van der Waals surface area contributed by atoms with Crippen molar-refractivity contribution < 1.29 is 14.5 Å². The molecular formula is C20H16N6O4S. The highest BCUT2D eigenvalue weighted by molar-refractivity contribution is 7.99. The fourth-order valence-electron chi connectivity index (χ4n) is 2.83. The van der Waals surface area contributed by atoms with E-state index in [1.165, 1.54) is 18.2 Å². The summed E-state index contributed by atoms with van der Waals surface area (Å²) in [5.74, 6) is 0.332. The minimum absolute atomic E-state index is 0.0126. The number of anilines is 1. The van der Waals surface area contributed by atoms with Gasteiger partial charge in [0.2, 0.25) is 11.1 Å². The number of nitro benzene ring substituents is 1. The van der Waals surface area contributed by atoms with Crippen molar-refractivity contribution >= 4 is 34.7 Å². The van der Waals surface area contributed by atoms with Crippen LogP contribution in [0.15, 0.2) is 65.8 Å². The third-order valence-corrected chi connectivity index (χ3v) is 5.25. The zero-order valence-electron chi connectivity index (χ0n) is 16.3. The van der Waals surface area contributed by atoms with Crippen molar-refractivity contribution in [3.8, 4) is 17.0 Å². The van der Waals surface area contributed by atoms with E-state index in [4.69, 9.17) is 4.74 Å². The highest BCUT2D eigenvalue weighted by atomic mass is 32.2. The molecule has 0 aliphatic heterocycles. The Balaban J connectivity index is 1.50. The highest BCUT2D eigenvalue weighted by Gasteiger charge is 2.16. The first kappa shape index (κ1) is 20.3. The number of carbonyl (C=O) groups is 1. The molecule has 2 heterocycles. The normalized spacial score (nSPS) is 10.7. The molecule has 156 valence electrons. The van der Waals surface area contributed by atoms with Crippen LogP contribution in [0.5, 0.6) is 5.75 Å². The Morgan fingerprint density at radius 2 is 1.90 bits per heavy atom. The van der Waals surface area contributed by atoms with Crippen molar-refractivity contribution in [2.75, 3.05) is 18.2 Å². The van der Waals surface area contributed by atoms with Gasteiger partial charge in [-0.15, -0.1) is 10.2 Å². The van der Waals surface area contributed by atoms with Gasteiger partial charge in [-0.2, -0.15) is 9.61 Å². The van der Waals surface area contributed by atoms with E-state index in [0.29, 0.717) is 16.5 Å². The molecule has 0 atom stereocenters. The zero-order valence-corrected chi connectivity index (χ0v) is 17.1. The van der Waals surface area contributed by atoms with Gasteiger partial charge in [0, 0.05) is 11.6 Å². The van der Waals surface area contributed by atoms with Crippen LogP contribution < -0.4 is 10.1 Å². The molecule has 0 fully saturated rings. The number of nitrogens with one attached hydrogen (secondary N) is 1. The molecule has 0 radical (unpaired) electrons. The summed E-state index contributed by atoms with van der Waals surface area (Å²) in [7, 11) is 1.60. The maximum Gasteiger partial charge on any atom is 0.292 e. The third kappa shape index (κ3) is 4.46. The van der Waals surface area contributed by atoms with E-state index < -0.39 is 10.8 Å². The van der Waals surface area contributed by atoms with Crippen molar-refractivity contribution in [3.05, 3.63) is 70.8 Å². The molecule has 0 bridgehead atoms. The predicted octanol–water partition coefficient (Wildman–Crippen LogP) is 3.44. The number of methoxy groups -OCH3 is 1. The van der Waals surface area contributed by atoms with Gasteiger partial charge in [-0.05, 0) is 42.5 Å². The number of ether oxygens (including phenoxy) is 1. The van der Waals surface area contributed by atoms with Gasteiger partial charge in [-0.25, -0.2) is 0 Å². The van der Waals surface area contributed by atoms with E-state index in [1.807, 2.05) is 30.3 Å². The van der Waals surface area contributed by atoms with E-state index in [1.54, 1.807) is 23.8 Å². The average Bonchev–Trinajstić information content (AvgIpc) is 3.20. The number of nitrogens with zero attached hydrogens (tertiary/aromatic N) is 5. The van der Waals surface area contributed by atoms with E-state index in [-0.39, 0.29) is 17.1 Å². The second kappa shape index (κ2) is 8.79. The number of thioether (sulfide) groups is 1. The Labute approximate surface area is 180 Å². The summed E-state index contributed by atoms with van der Waals surface area (Å²) in [6.45, 7) is 0. The van der Waals surface area contributed by atoms with Crippen LogP contribution in [0.3, 0.4) is 0 Å². The van der Waals surface area contributed by atoms with Gasteiger partial charge in [0.1, 0.15) is 11.4 Å². The van der Waals surface area contributed by atoms with Crippen LogP contribution in [0.2, 0.25) is 0 Å². The summed E-state index contributed by atoms with van der Waals surface area (Å²) in [5.41, 5.74) is 2.12. The molecular weight excluding hydrogens is 420 g/mol. The van der Waals surface area contributed by atoms with Crippen LogP contribution in [-0.4, -0.2) is 43.5 Å². The van der Waals surface area contributed by atoms with Gasteiger partial charge in [0.05, 0.1) is 23.5 Å². The number of amides is 1. The Bertz CT molecular complexity index is 1260. The van der Waals surface area contributed by atoms with Gasteiger partial charge in [0.15, 0.2) is 5.65 Å². The van der Waals surface area contributed by atoms with Crippen LogP contribution in [-0.2, 0) is 4.79 Å². The minimum atomic E-state index is -0.542. The Kier molecular flexibility index (Phi) is 5.76. The van der Waals surface area contributed by atoms with Crippen molar-refractivity contribution in [3.63, 3.8) is 0 Å². The highest BCUT2D eigenvalue weighted by Crippen LogP contribution is 2.25. The maximum absolute atomic E-state index is 12.3. The molecule has 0 unspecified atom stereocenters. The number of hydrogen-bond acceptors (Lipinski definition) is 8. The summed E-state index contributed by atoms with van der Waals surface area (Å²) in [4.78, 5) is 22.9. The van der Waals surface area contributed by atoms with E-state index in [9.17, 15) is 14.9 Å². The van der Waals surface area contributed by atoms with Crippen LogP contribution in [0.25, 0.3) is 16.9 Å². The Hall–Kier alpha value is -3.99. The van der Waals surface area contributed by atoms with Gasteiger partial charge >= 0.3 is 0 Å². The molecule has 0 aliphatic rings. The van der Waals surface area contributed by atoms with E-state index in [0.717, 1.165) is 23.1 Å². The lowest BCUT2D eigenvalue weighted by atomic mass is 10.1. The van der Waals surface area contributed by atoms with Crippen molar-refractivity contribution in [1.29, 1.82) is 0 Å². The zero-order chi connectivity index (χ0) is 21.8.